The molecular formula is C30H43N3O5. The average Bonchev–Trinajstić information content (AvgIpc) is 2.83. The molecule has 2 atom stereocenters. The normalized spacial score (nSPS) is 12.9. The zero-order valence-electron chi connectivity index (χ0n) is 23.7. The van der Waals surface area contributed by atoms with E-state index in [1.807, 2.05) is 51.1 Å². The Kier molecular flexibility index (Phi) is 11.2. The number of rotatable bonds is 11. The first-order chi connectivity index (χ1) is 17.8. The Balaban J connectivity index is 2.48. The van der Waals surface area contributed by atoms with Gasteiger partial charge in [0.2, 0.25) is 11.8 Å². The van der Waals surface area contributed by atoms with E-state index in [-0.39, 0.29) is 24.8 Å². The number of hydrogen-bond acceptors (Lipinski definition) is 5. The van der Waals surface area contributed by atoms with Crippen LogP contribution in [-0.2, 0) is 20.9 Å². The van der Waals surface area contributed by atoms with Crippen LogP contribution in [-0.4, -0.2) is 46.1 Å². The number of para-hydroxylation sites is 1. The number of alkyl carbamates (subject to hydrolysis) is 1. The maximum atomic E-state index is 14.1. The smallest absolute Gasteiger partial charge is 0.408 e. The molecule has 2 aromatic carbocycles. The molecule has 8 heteroatoms. The summed E-state index contributed by atoms with van der Waals surface area (Å²) in [5.41, 5.74) is 1.10. The van der Waals surface area contributed by atoms with Crippen LogP contribution >= 0.6 is 0 Å². The van der Waals surface area contributed by atoms with Gasteiger partial charge in [-0.1, -0.05) is 69.3 Å². The van der Waals surface area contributed by atoms with E-state index in [2.05, 4.69) is 10.6 Å². The number of phenolic OH excluding ortho intramolecular Hbond substituents is 1. The summed E-state index contributed by atoms with van der Waals surface area (Å²) in [5.74, 6) is -0.786. The van der Waals surface area contributed by atoms with E-state index in [9.17, 15) is 19.5 Å². The zero-order valence-corrected chi connectivity index (χ0v) is 23.7. The fourth-order valence-corrected chi connectivity index (χ4v) is 4.18. The van der Waals surface area contributed by atoms with Gasteiger partial charge in [0, 0.05) is 18.7 Å². The third kappa shape index (κ3) is 9.08. The molecule has 2 unspecified atom stereocenters. The molecule has 0 aromatic heterocycles. The van der Waals surface area contributed by atoms with Crippen molar-refractivity contribution in [1.82, 2.24) is 15.5 Å². The van der Waals surface area contributed by atoms with Gasteiger partial charge in [0.15, 0.2) is 0 Å². The van der Waals surface area contributed by atoms with Gasteiger partial charge in [-0.05, 0) is 57.6 Å². The average molecular weight is 526 g/mol. The van der Waals surface area contributed by atoms with Crippen molar-refractivity contribution in [3.8, 4) is 5.75 Å². The van der Waals surface area contributed by atoms with E-state index in [0.717, 1.165) is 5.56 Å². The number of hydrogen-bond donors (Lipinski definition) is 3. The topological polar surface area (TPSA) is 108 Å². The second kappa shape index (κ2) is 13.8. The summed E-state index contributed by atoms with van der Waals surface area (Å²) in [6.45, 7) is 13.3. The maximum absolute atomic E-state index is 14.1. The quantitative estimate of drug-likeness (QED) is 0.372. The number of aromatic hydroxyl groups is 1. The fourth-order valence-electron chi connectivity index (χ4n) is 4.18. The zero-order chi connectivity index (χ0) is 28.5. The fraction of sp³-hybridized carbons (Fsp3) is 0.500. The number of carbonyl (C=O) groups excluding carboxylic acids is 3. The second-order valence-corrected chi connectivity index (χ2v) is 11.0. The lowest BCUT2D eigenvalue weighted by atomic mass is 9.97. The van der Waals surface area contributed by atoms with Crippen molar-refractivity contribution in [2.75, 3.05) is 6.54 Å². The van der Waals surface area contributed by atoms with Crippen molar-refractivity contribution in [2.24, 2.45) is 5.92 Å². The summed E-state index contributed by atoms with van der Waals surface area (Å²) in [7, 11) is 0. The van der Waals surface area contributed by atoms with Crippen molar-refractivity contribution >= 4 is 17.9 Å². The van der Waals surface area contributed by atoms with Crippen molar-refractivity contribution < 1.29 is 24.2 Å². The van der Waals surface area contributed by atoms with Crippen LogP contribution in [0.4, 0.5) is 4.79 Å². The molecule has 208 valence electrons. The Labute approximate surface area is 226 Å². The summed E-state index contributed by atoms with van der Waals surface area (Å²) >= 11 is 0. The Morgan fingerprint density at radius 3 is 2.26 bits per heavy atom. The summed E-state index contributed by atoms with van der Waals surface area (Å²) in [5, 5.41) is 16.6. The lowest BCUT2D eigenvalue weighted by molar-refractivity contribution is -0.143. The molecule has 0 saturated carbocycles. The number of aryl methyl sites for hydroxylation is 1. The molecule has 0 aliphatic heterocycles. The van der Waals surface area contributed by atoms with Crippen LogP contribution in [0.25, 0.3) is 0 Å². The Bertz CT molecular complexity index is 1080. The monoisotopic (exact) mass is 525 g/mol. The molecule has 0 aliphatic carbocycles. The number of amides is 3. The first-order valence-electron chi connectivity index (χ1n) is 13.2. The predicted molar refractivity (Wildman–Crippen MR) is 148 cm³/mol. The highest BCUT2D eigenvalue weighted by Crippen LogP contribution is 2.32. The molecular weight excluding hydrogens is 482 g/mol. The molecule has 0 bridgehead atoms. The number of nitrogens with zero attached hydrogens (tertiary/aromatic N) is 1. The van der Waals surface area contributed by atoms with E-state index < -0.39 is 35.6 Å². The number of carbonyl (C=O) groups is 3. The molecule has 0 radical (unpaired) electrons. The van der Waals surface area contributed by atoms with Crippen LogP contribution in [0.5, 0.6) is 5.75 Å². The lowest BCUT2D eigenvalue weighted by Gasteiger charge is -2.35. The van der Waals surface area contributed by atoms with Gasteiger partial charge in [0.05, 0.1) is 0 Å². The van der Waals surface area contributed by atoms with E-state index in [1.54, 1.807) is 45.9 Å². The molecule has 0 spiro atoms. The van der Waals surface area contributed by atoms with Crippen molar-refractivity contribution in [3.63, 3.8) is 0 Å². The highest BCUT2D eigenvalue weighted by Gasteiger charge is 2.37. The van der Waals surface area contributed by atoms with Gasteiger partial charge in [-0.3, -0.25) is 9.59 Å². The summed E-state index contributed by atoms with van der Waals surface area (Å²) in [4.78, 5) is 41.9. The number of phenols is 1. The third-order valence-corrected chi connectivity index (χ3v) is 5.88. The summed E-state index contributed by atoms with van der Waals surface area (Å²) < 4.78 is 5.41. The molecule has 3 N–H and O–H groups in total. The summed E-state index contributed by atoms with van der Waals surface area (Å²) in [6.07, 6.45) is 0.231. The molecule has 3 amide bonds. The van der Waals surface area contributed by atoms with Gasteiger partial charge in [-0.25, -0.2) is 4.79 Å². The molecule has 0 aliphatic rings. The molecule has 2 aromatic rings. The standard InChI is InChI=1S/C30H43N3O5/c1-8-17-33(28(36)24(18-20(2)3)32-29(37)38-30(5,6)7)25(23-16-12-13-21(4)26(23)34)27(35)31-19-22-14-10-9-11-15-22/h9-16,20,24-25,34H,8,17-19H2,1-7H3,(H,31,35)(H,32,37). The highest BCUT2D eigenvalue weighted by atomic mass is 16.6. The van der Waals surface area contributed by atoms with Crippen LogP contribution in [0, 0.1) is 12.8 Å². The first-order valence-corrected chi connectivity index (χ1v) is 13.2. The number of ether oxygens (including phenoxy) is 1. The van der Waals surface area contributed by atoms with Crippen molar-refractivity contribution in [3.05, 3.63) is 65.2 Å². The Morgan fingerprint density at radius 2 is 1.68 bits per heavy atom. The predicted octanol–water partition coefficient (Wildman–Crippen LogP) is 5.24. The van der Waals surface area contributed by atoms with Crippen LogP contribution in [0.1, 0.15) is 77.1 Å². The summed E-state index contributed by atoms with van der Waals surface area (Å²) in [6, 6.07) is 12.6. The van der Waals surface area contributed by atoms with Gasteiger partial charge < -0.3 is 25.4 Å². The Hall–Kier alpha value is -3.55. The minimum Gasteiger partial charge on any atom is -0.507 e. The highest BCUT2D eigenvalue weighted by molar-refractivity contribution is 5.92. The van der Waals surface area contributed by atoms with Gasteiger partial charge in [0.1, 0.15) is 23.4 Å². The lowest BCUT2D eigenvalue weighted by Crippen LogP contribution is -2.53. The van der Waals surface area contributed by atoms with E-state index in [4.69, 9.17) is 4.74 Å². The van der Waals surface area contributed by atoms with Crippen LogP contribution in [0.15, 0.2) is 48.5 Å². The minimum atomic E-state index is -1.10. The van der Waals surface area contributed by atoms with Gasteiger partial charge in [-0.2, -0.15) is 0 Å². The maximum Gasteiger partial charge on any atom is 0.408 e. The van der Waals surface area contributed by atoms with Gasteiger partial charge in [-0.15, -0.1) is 0 Å². The molecule has 38 heavy (non-hydrogen) atoms. The van der Waals surface area contributed by atoms with Crippen LogP contribution in [0.2, 0.25) is 0 Å². The number of benzene rings is 2. The van der Waals surface area contributed by atoms with Crippen LogP contribution in [0.3, 0.4) is 0 Å². The van der Waals surface area contributed by atoms with Gasteiger partial charge in [0.25, 0.3) is 0 Å². The SMILES string of the molecule is CCCN(C(=O)C(CC(C)C)NC(=O)OC(C)(C)C)C(C(=O)NCc1ccccc1)c1cccc(C)c1O. The largest absolute Gasteiger partial charge is 0.507 e. The van der Waals surface area contributed by atoms with Gasteiger partial charge >= 0.3 is 6.09 Å². The van der Waals surface area contributed by atoms with E-state index in [1.165, 1.54) is 4.90 Å². The van der Waals surface area contributed by atoms with Crippen molar-refractivity contribution in [2.45, 2.75) is 85.5 Å². The van der Waals surface area contributed by atoms with Crippen molar-refractivity contribution in [1.29, 1.82) is 0 Å². The third-order valence-electron chi connectivity index (χ3n) is 5.88. The number of nitrogens with one attached hydrogen (secondary N) is 2. The Morgan fingerprint density at radius 1 is 1.03 bits per heavy atom. The second-order valence-electron chi connectivity index (χ2n) is 11.0. The molecule has 0 saturated heterocycles. The van der Waals surface area contributed by atoms with E-state index in [0.29, 0.717) is 24.0 Å². The molecule has 0 fully saturated rings. The van der Waals surface area contributed by atoms with E-state index >= 15 is 0 Å². The molecule has 0 heterocycles. The molecule has 2 rings (SSSR count). The van der Waals surface area contributed by atoms with Crippen LogP contribution < -0.4 is 10.6 Å². The minimum absolute atomic E-state index is 0.0400. The first kappa shape index (κ1) is 30.7. The molecule has 8 nitrogen and oxygen atoms in total.